The van der Waals surface area contributed by atoms with Gasteiger partial charge in [0.2, 0.25) is 0 Å². The number of ether oxygens (including phenoxy) is 1. The van der Waals surface area contributed by atoms with E-state index in [1.54, 1.807) is 0 Å². The van der Waals surface area contributed by atoms with Crippen LogP contribution in [0.4, 0.5) is 0 Å². The van der Waals surface area contributed by atoms with Crippen LogP contribution in [0.15, 0.2) is 12.1 Å². The molecule has 1 rings (SSSR count). The van der Waals surface area contributed by atoms with Crippen LogP contribution < -0.4 is 4.74 Å². The molecule has 0 radical (unpaired) electrons. The van der Waals surface area contributed by atoms with E-state index in [2.05, 4.69) is 18.8 Å². The van der Waals surface area contributed by atoms with E-state index in [1.807, 2.05) is 19.1 Å². The summed E-state index contributed by atoms with van der Waals surface area (Å²) < 4.78 is 5.63. The first-order chi connectivity index (χ1) is 7.71. The number of carbonyl (C=O) groups is 1. The Balaban J connectivity index is 2.69. The Kier molecular flexibility index (Phi) is 4.96. The van der Waals surface area contributed by atoms with Crippen molar-refractivity contribution in [2.24, 2.45) is 5.92 Å². The number of hydrogen-bond donors (Lipinski definition) is 0. The third-order valence-corrected chi connectivity index (χ3v) is 2.77. The fraction of sp³-hybridized carbons (Fsp3) is 0.538. The maximum absolute atomic E-state index is 10.8. The van der Waals surface area contributed by atoms with Gasteiger partial charge in [-0.2, -0.15) is 0 Å². The Morgan fingerprint density at radius 3 is 2.62 bits per heavy atom. The highest BCUT2D eigenvalue weighted by molar-refractivity contribution is 5.76. The highest BCUT2D eigenvalue weighted by Crippen LogP contribution is 2.17. The molecule has 0 fully saturated rings. The van der Waals surface area contributed by atoms with Crippen LogP contribution in [0.2, 0.25) is 0 Å². The smallest absolute Gasteiger partial charge is 0.172 e. The molecule has 88 valence electrons. The van der Waals surface area contributed by atoms with Gasteiger partial charge in [0.05, 0.1) is 6.61 Å². The molecule has 0 saturated heterocycles. The second-order valence-electron chi connectivity index (χ2n) is 3.95. The molecule has 3 heteroatoms. The zero-order chi connectivity index (χ0) is 12.0. The summed E-state index contributed by atoms with van der Waals surface area (Å²) in [4.78, 5) is 14.9. The minimum atomic E-state index is 0.394. The molecule has 16 heavy (non-hydrogen) atoms. The number of hydrogen-bond acceptors (Lipinski definition) is 3. The Bertz CT molecular complexity index is 346. The van der Waals surface area contributed by atoms with Gasteiger partial charge >= 0.3 is 0 Å². The lowest BCUT2D eigenvalue weighted by Crippen LogP contribution is -2.11. The molecule has 0 aromatic carbocycles. The zero-order valence-electron chi connectivity index (χ0n) is 10.2. The molecule has 0 N–H and O–H groups in total. The topological polar surface area (TPSA) is 39.2 Å². The average molecular weight is 221 g/mol. The first-order valence-electron chi connectivity index (χ1n) is 5.76. The molecule has 0 aliphatic rings. The van der Waals surface area contributed by atoms with Crippen molar-refractivity contribution in [3.05, 3.63) is 23.5 Å². The number of aryl methyl sites for hydroxylation is 1. The summed E-state index contributed by atoms with van der Waals surface area (Å²) in [7, 11) is 0. The summed E-state index contributed by atoms with van der Waals surface area (Å²) in [6.07, 6.45) is 2.92. The Labute approximate surface area is 96.8 Å². The molecule has 0 spiro atoms. The van der Waals surface area contributed by atoms with Crippen LogP contribution in [0.3, 0.4) is 0 Å². The molecule has 0 atom stereocenters. The maximum Gasteiger partial charge on any atom is 0.172 e. The maximum atomic E-state index is 10.8. The normalized spacial score (nSPS) is 10.5. The van der Waals surface area contributed by atoms with Crippen LogP contribution in [-0.2, 0) is 0 Å². The predicted octanol–water partition coefficient (Wildman–Crippen LogP) is 3.02. The van der Waals surface area contributed by atoms with Crippen LogP contribution in [0.5, 0.6) is 5.75 Å². The lowest BCUT2D eigenvalue weighted by molar-refractivity contribution is 0.111. The van der Waals surface area contributed by atoms with E-state index >= 15 is 0 Å². The number of aromatic nitrogens is 1. The molecule has 0 bridgehead atoms. The molecule has 1 aromatic heterocycles. The zero-order valence-corrected chi connectivity index (χ0v) is 10.2. The van der Waals surface area contributed by atoms with Crippen molar-refractivity contribution in [1.29, 1.82) is 0 Å². The van der Waals surface area contributed by atoms with Crippen molar-refractivity contribution in [2.75, 3.05) is 6.61 Å². The van der Waals surface area contributed by atoms with Crippen LogP contribution in [0, 0.1) is 12.8 Å². The van der Waals surface area contributed by atoms with E-state index in [-0.39, 0.29) is 0 Å². The molecule has 1 heterocycles. The fourth-order valence-electron chi connectivity index (χ4n) is 1.50. The van der Waals surface area contributed by atoms with Gasteiger partial charge < -0.3 is 4.74 Å². The standard InChI is InChI=1S/C13H19NO2/c1-4-11(5-2)9-16-13-7-6-10(3)14-12(13)8-15/h6-8,11H,4-5,9H2,1-3H3. The highest BCUT2D eigenvalue weighted by Gasteiger charge is 2.08. The molecular weight excluding hydrogens is 202 g/mol. The Hall–Kier alpha value is -1.38. The van der Waals surface area contributed by atoms with Crippen molar-refractivity contribution in [1.82, 2.24) is 4.98 Å². The number of nitrogens with zero attached hydrogens (tertiary/aromatic N) is 1. The van der Waals surface area contributed by atoms with E-state index in [0.717, 1.165) is 24.8 Å². The van der Waals surface area contributed by atoms with Crippen molar-refractivity contribution < 1.29 is 9.53 Å². The van der Waals surface area contributed by atoms with E-state index in [4.69, 9.17) is 4.74 Å². The van der Waals surface area contributed by atoms with Gasteiger partial charge in [-0.15, -0.1) is 0 Å². The van der Waals surface area contributed by atoms with E-state index < -0.39 is 0 Å². The molecule has 0 aliphatic heterocycles. The average Bonchev–Trinajstić information content (AvgIpc) is 2.31. The third kappa shape index (κ3) is 3.33. The molecule has 3 nitrogen and oxygen atoms in total. The Morgan fingerprint density at radius 1 is 1.38 bits per heavy atom. The lowest BCUT2D eigenvalue weighted by atomic mass is 10.1. The highest BCUT2D eigenvalue weighted by atomic mass is 16.5. The number of carbonyl (C=O) groups excluding carboxylic acids is 1. The van der Waals surface area contributed by atoms with Crippen LogP contribution in [0.1, 0.15) is 42.9 Å². The summed E-state index contributed by atoms with van der Waals surface area (Å²) >= 11 is 0. The summed E-state index contributed by atoms with van der Waals surface area (Å²) in [5.74, 6) is 1.13. The fourth-order valence-corrected chi connectivity index (χ4v) is 1.50. The van der Waals surface area contributed by atoms with Crippen LogP contribution >= 0.6 is 0 Å². The molecule has 0 amide bonds. The summed E-state index contributed by atoms with van der Waals surface area (Å²) in [6.45, 7) is 6.80. The van der Waals surface area contributed by atoms with Crippen molar-refractivity contribution in [3.63, 3.8) is 0 Å². The summed E-state index contributed by atoms with van der Waals surface area (Å²) in [6, 6.07) is 3.67. The molecule has 1 aromatic rings. The van der Waals surface area contributed by atoms with Crippen LogP contribution in [0.25, 0.3) is 0 Å². The quantitative estimate of drug-likeness (QED) is 0.693. The molecule has 0 saturated carbocycles. The van der Waals surface area contributed by atoms with Gasteiger partial charge in [0.1, 0.15) is 11.4 Å². The van der Waals surface area contributed by atoms with Crippen LogP contribution in [-0.4, -0.2) is 17.9 Å². The van der Waals surface area contributed by atoms with Gasteiger partial charge in [0.25, 0.3) is 0 Å². The van der Waals surface area contributed by atoms with Crippen molar-refractivity contribution in [3.8, 4) is 5.75 Å². The number of rotatable bonds is 6. The molecule has 0 aliphatic carbocycles. The molecule has 0 unspecified atom stereocenters. The predicted molar refractivity (Wildman–Crippen MR) is 63.9 cm³/mol. The van der Waals surface area contributed by atoms with Gasteiger partial charge in [0, 0.05) is 5.69 Å². The number of aldehydes is 1. The van der Waals surface area contributed by atoms with Gasteiger partial charge in [0.15, 0.2) is 6.29 Å². The van der Waals surface area contributed by atoms with Gasteiger partial charge in [-0.05, 0) is 25.0 Å². The first kappa shape index (κ1) is 12.7. The summed E-state index contributed by atoms with van der Waals surface area (Å²) in [5, 5.41) is 0. The van der Waals surface area contributed by atoms with Gasteiger partial charge in [-0.3, -0.25) is 4.79 Å². The second-order valence-corrected chi connectivity index (χ2v) is 3.95. The van der Waals surface area contributed by atoms with E-state index in [0.29, 0.717) is 24.0 Å². The van der Waals surface area contributed by atoms with E-state index in [1.165, 1.54) is 0 Å². The minimum absolute atomic E-state index is 0.394. The monoisotopic (exact) mass is 221 g/mol. The second kappa shape index (κ2) is 6.26. The van der Waals surface area contributed by atoms with Crippen molar-refractivity contribution >= 4 is 6.29 Å². The van der Waals surface area contributed by atoms with E-state index in [9.17, 15) is 4.79 Å². The Morgan fingerprint density at radius 2 is 2.06 bits per heavy atom. The molecular formula is C13H19NO2. The largest absolute Gasteiger partial charge is 0.491 e. The first-order valence-corrected chi connectivity index (χ1v) is 5.76. The number of pyridine rings is 1. The van der Waals surface area contributed by atoms with Gasteiger partial charge in [-0.1, -0.05) is 26.7 Å². The SMILES string of the molecule is CCC(CC)COc1ccc(C)nc1C=O. The lowest BCUT2D eigenvalue weighted by Gasteiger charge is -2.14. The van der Waals surface area contributed by atoms with Crippen molar-refractivity contribution in [2.45, 2.75) is 33.6 Å². The third-order valence-electron chi connectivity index (χ3n) is 2.77. The minimum Gasteiger partial charge on any atom is -0.491 e. The van der Waals surface area contributed by atoms with Gasteiger partial charge in [-0.25, -0.2) is 4.98 Å². The summed E-state index contributed by atoms with van der Waals surface area (Å²) in [5.41, 5.74) is 1.22.